The van der Waals surface area contributed by atoms with Gasteiger partial charge in [-0.05, 0) is 60.7 Å². The smallest absolute Gasteiger partial charge is 0.298 e. The van der Waals surface area contributed by atoms with Crippen LogP contribution in [0.4, 0.5) is 10.5 Å². The molecule has 26 heavy (non-hydrogen) atoms. The van der Waals surface area contributed by atoms with E-state index in [0.717, 1.165) is 22.2 Å². The first-order valence-electron chi connectivity index (χ1n) is 8.01. The molecular weight excluding hydrogens is 370 g/mol. The van der Waals surface area contributed by atoms with Gasteiger partial charge in [-0.25, -0.2) is 4.90 Å². The normalized spacial score (nSPS) is 16.5. The maximum atomic E-state index is 12.6. The molecule has 0 radical (unpaired) electrons. The number of anilines is 1. The van der Waals surface area contributed by atoms with Crippen LogP contribution in [0.25, 0.3) is 6.08 Å². The molecule has 1 saturated heterocycles. The maximum Gasteiger partial charge on any atom is 0.298 e. The number of allylic oxidation sites excluding steroid dienone is 2. The van der Waals surface area contributed by atoms with Crippen LogP contribution in [0.3, 0.4) is 0 Å². The number of ether oxygens (including phenoxy) is 1. The molecule has 4 nitrogen and oxygen atoms in total. The Morgan fingerprint density at radius 2 is 1.81 bits per heavy atom. The summed E-state index contributed by atoms with van der Waals surface area (Å²) in [7, 11) is 0. The summed E-state index contributed by atoms with van der Waals surface area (Å²) in [5.41, 5.74) is 1.42. The molecule has 0 unspecified atom stereocenters. The van der Waals surface area contributed by atoms with Gasteiger partial charge in [0.05, 0.1) is 17.2 Å². The summed E-state index contributed by atoms with van der Waals surface area (Å²) >= 11 is 7.10. The first-order chi connectivity index (χ1) is 12.6. The molecule has 6 heteroatoms. The lowest BCUT2D eigenvalue weighted by Gasteiger charge is -2.13. The standard InChI is InChI=1S/C20H16ClNO3S/c1-2-25-17-10-8-16(9-11-17)22-19(23)18(26-20(22)24)13-15(21)12-14-6-4-3-5-7-14/h3-13H,2H2,1H3/b15-12-,18-13-. The highest BCUT2D eigenvalue weighted by molar-refractivity contribution is 8.18. The van der Waals surface area contributed by atoms with Gasteiger partial charge in [0.15, 0.2) is 0 Å². The predicted octanol–water partition coefficient (Wildman–Crippen LogP) is 5.45. The fourth-order valence-electron chi connectivity index (χ4n) is 2.42. The molecule has 0 saturated carbocycles. The number of benzene rings is 2. The van der Waals surface area contributed by atoms with Crippen LogP contribution in [0.5, 0.6) is 5.75 Å². The topological polar surface area (TPSA) is 46.6 Å². The Morgan fingerprint density at radius 3 is 2.46 bits per heavy atom. The molecule has 0 aromatic heterocycles. The third-order valence-corrected chi connectivity index (χ3v) is 4.66. The number of nitrogens with zero attached hydrogens (tertiary/aromatic N) is 1. The molecule has 1 aliphatic rings. The molecule has 1 aliphatic heterocycles. The zero-order valence-electron chi connectivity index (χ0n) is 14.0. The van der Waals surface area contributed by atoms with E-state index in [1.807, 2.05) is 37.3 Å². The van der Waals surface area contributed by atoms with E-state index in [-0.39, 0.29) is 11.1 Å². The van der Waals surface area contributed by atoms with Crippen molar-refractivity contribution in [1.29, 1.82) is 0 Å². The quantitative estimate of drug-likeness (QED) is 0.642. The molecule has 2 aromatic rings. The van der Waals surface area contributed by atoms with Gasteiger partial charge in [0, 0.05) is 5.03 Å². The summed E-state index contributed by atoms with van der Waals surface area (Å²) in [4.78, 5) is 26.3. The fourth-order valence-corrected chi connectivity index (χ4v) is 3.56. The number of rotatable bonds is 5. The second-order valence-corrected chi connectivity index (χ2v) is 6.81. The Hall–Kier alpha value is -2.50. The zero-order chi connectivity index (χ0) is 18.5. The number of hydrogen-bond acceptors (Lipinski definition) is 4. The Bertz CT molecular complexity index is 876. The molecule has 0 bridgehead atoms. The van der Waals surface area contributed by atoms with E-state index in [1.54, 1.807) is 30.3 Å². The minimum absolute atomic E-state index is 0.293. The van der Waals surface area contributed by atoms with Crippen molar-refractivity contribution in [2.75, 3.05) is 11.5 Å². The van der Waals surface area contributed by atoms with Crippen LogP contribution >= 0.6 is 23.4 Å². The van der Waals surface area contributed by atoms with E-state index in [0.29, 0.717) is 28.0 Å². The number of hydrogen-bond donors (Lipinski definition) is 0. The zero-order valence-corrected chi connectivity index (χ0v) is 15.6. The number of halogens is 1. The Labute approximate surface area is 161 Å². The number of carbonyl (C=O) groups is 2. The molecule has 0 atom stereocenters. The van der Waals surface area contributed by atoms with E-state index in [1.165, 1.54) is 6.08 Å². The van der Waals surface area contributed by atoms with E-state index in [2.05, 4.69) is 0 Å². The van der Waals surface area contributed by atoms with Crippen LogP contribution < -0.4 is 9.64 Å². The predicted molar refractivity (Wildman–Crippen MR) is 106 cm³/mol. The second-order valence-electron chi connectivity index (χ2n) is 5.38. The van der Waals surface area contributed by atoms with Crippen molar-refractivity contribution in [3.05, 3.63) is 76.2 Å². The summed E-state index contributed by atoms with van der Waals surface area (Å²) < 4.78 is 5.38. The van der Waals surface area contributed by atoms with Crippen molar-refractivity contribution in [2.45, 2.75) is 6.92 Å². The van der Waals surface area contributed by atoms with Gasteiger partial charge in [-0.3, -0.25) is 9.59 Å². The van der Waals surface area contributed by atoms with Gasteiger partial charge in [0.1, 0.15) is 5.75 Å². The van der Waals surface area contributed by atoms with Crippen molar-refractivity contribution in [1.82, 2.24) is 0 Å². The lowest BCUT2D eigenvalue weighted by Crippen LogP contribution is -2.27. The summed E-state index contributed by atoms with van der Waals surface area (Å²) in [6.45, 7) is 2.44. The van der Waals surface area contributed by atoms with E-state index >= 15 is 0 Å². The number of imide groups is 1. The SMILES string of the molecule is CCOc1ccc(N2C(=O)S/C(=C\C(Cl)=C\c3ccccc3)C2=O)cc1. The van der Waals surface area contributed by atoms with Crippen molar-refractivity contribution in [3.8, 4) is 5.75 Å². The fraction of sp³-hybridized carbons (Fsp3) is 0.100. The van der Waals surface area contributed by atoms with Crippen LogP contribution in [-0.2, 0) is 4.79 Å². The summed E-state index contributed by atoms with van der Waals surface area (Å²) in [6, 6.07) is 16.3. The van der Waals surface area contributed by atoms with E-state index in [9.17, 15) is 9.59 Å². The van der Waals surface area contributed by atoms with Gasteiger partial charge in [-0.15, -0.1) is 0 Å². The highest BCUT2D eigenvalue weighted by atomic mass is 35.5. The second kappa shape index (κ2) is 8.25. The van der Waals surface area contributed by atoms with Crippen LogP contribution in [-0.4, -0.2) is 17.8 Å². The minimum atomic E-state index is -0.385. The molecule has 0 spiro atoms. The van der Waals surface area contributed by atoms with Gasteiger partial charge in [0.2, 0.25) is 0 Å². The van der Waals surface area contributed by atoms with E-state index < -0.39 is 0 Å². The lowest BCUT2D eigenvalue weighted by atomic mass is 10.2. The molecule has 0 N–H and O–H groups in total. The molecular formula is C20H16ClNO3S. The minimum Gasteiger partial charge on any atom is -0.494 e. The molecule has 2 amide bonds. The van der Waals surface area contributed by atoms with Crippen molar-refractivity contribution < 1.29 is 14.3 Å². The molecule has 3 rings (SSSR count). The van der Waals surface area contributed by atoms with Crippen LogP contribution in [0, 0.1) is 0 Å². The highest BCUT2D eigenvalue weighted by Gasteiger charge is 2.36. The first-order valence-corrected chi connectivity index (χ1v) is 9.21. The van der Waals surface area contributed by atoms with Crippen molar-refractivity contribution in [3.63, 3.8) is 0 Å². The van der Waals surface area contributed by atoms with Gasteiger partial charge >= 0.3 is 0 Å². The number of amides is 2. The van der Waals surface area contributed by atoms with Crippen molar-refractivity contribution in [2.24, 2.45) is 0 Å². The van der Waals surface area contributed by atoms with Gasteiger partial charge < -0.3 is 4.74 Å². The van der Waals surface area contributed by atoms with Gasteiger partial charge in [-0.2, -0.15) is 0 Å². The number of thioether (sulfide) groups is 1. The van der Waals surface area contributed by atoms with Crippen LogP contribution in [0.15, 0.2) is 70.6 Å². The Balaban J connectivity index is 1.81. The van der Waals surface area contributed by atoms with Gasteiger partial charge in [0.25, 0.3) is 11.1 Å². The first kappa shape index (κ1) is 18.3. The van der Waals surface area contributed by atoms with Crippen LogP contribution in [0.2, 0.25) is 0 Å². The summed E-state index contributed by atoms with van der Waals surface area (Å²) in [5.74, 6) is 0.302. The molecule has 132 valence electrons. The molecule has 1 fully saturated rings. The monoisotopic (exact) mass is 385 g/mol. The summed E-state index contributed by atoms with van der Waals surface area (Å²) in [6.07, 6.45) is 3.26. The Morgan fingerprint density at radius 1 is 1.12 bits per heavy atom. The van der Waals surface area contributed by atoms with Gasteiger partial charge in [-0.1, -0.05) is 41.9 Å². The molecule has 2 aromatic carbocycles. The lowest BCUT2D eigenvalue weighted by molar-refractivity contribution is -0.113. The largest absolute Gasteiger partial charge is 0.494 e. The Kier molecular flexibility index (Phi) is 5.81. The number of carbonyl (C=O) groups excluding carboxylic acids is 2. The summed E-state index contributed by atoms with van der Waals surface area (Å²) in [5, 5.41) is 0.0305. The molecule has 1 heterocycles. The molecule has 0 aliphatic carbocycles. The average Bonchev–Trinajstić information content (AvgIpc) is 2.90. The third kappa shape index (κ3) is 4.18. The van der Waals surface area contributed by atoms with E-state index in [4.69, 9.17) is 16.3 Å². The maximum absolute atomic E-state index is 12.6. The average molecular weight is 386 g/mol. The van der Waals surface area contributed by atoms with Crippen molar-refractivity contribution >= 4 is 46.3 Å². The third-order valence-electron chi connectivity index (χ3n) is 3.57. The highest BCUT2D eigenvalue weighted by Crippen LogP contribution is 2.36. The van der Waals surface area contributed by atoms with Crippen LogP contribution in [0.1, 0.15) is 12.5 Å².